The van der Waals surface area contributed by atoms with E-state index in [9.17, 15) is 0 Å². The van der Waals surface area contributed by atoms with Gasteiger partial charge < -0.3 is 5.32 Å². The van der Waals surface area contributed by atoms with Crippen molar-refractivity contribution in [3.05, 3.63) is 24.0 Å². The first kappa shape index (κ1) is 11.5. The van der Waals surface area contributed by atoms with Crippen molar-refractivity contribution in [2.45, 2.75) is 25.2 Å². The molecule has 0 saturated carbocycles. The number of pyridine rings is 1. The Hall–Kier alpha value is -0.540. The summed E-state index contributed by atoms with van der Waals surface area (Å²) < 4.78 is 0. The van der Waals surface area contributed by atoms with Crippen LogP contribution in [0.3, 0.4) is 0 Å². The molecular weight excluding hydrogens is 192 g/mol. The summed E-state index contributed by atoms with van der Waals surface area (Å²) in [4.78, 5) is 5.49. The van der Waals surface area contributed by atoms with Crippen LogP contribution in [0.5, 0.6) is 0 Å². The minimum Gasteiger partial charge on any atom is -0.316 e. The zero-order chi connectivity index (χ0) is 10.2. The quantitative estimate of drug-likeness (QED) is 0.576. The first-order valence-electron chi connectivity index (χ1n) is 5.14. The van der Waals surface area contributed by atoms with Gasteiger partial charge in [-0.3, -0.25) is 4.98 Å². The molecule has 1 rings (SSSR count). The van der Waals surface area contributed by atoms with Crippen molar-refractivity contribution >= 4 is 11.8 Å². The third-order valence-corrected chi connectivity index (χ3v) is 2.94. The Kier molecular flexibility index (Phi) is 5.64. The monoisotopic (exact) mass is 210 g/mol. The Morgan fingerprint density at radius 1 is 1.36 bits per heavy atom. The lowest BCUT2D eigenvalue weighted by molar-refractivity contribution is 0.768. The van der Waals surface area contributed by atoms with Gasteiger partial charge in [0.2, 0.25) is 0 Å². The van der Waals surface area contributed by atoms with Crippen molar-refractivity contribution in [2.75, 3.05) is 18.8 Å². The van der Waals surface area contributed by atoms with Crippen molar-refractivity contribution in [1.82, 2.24) is 10.3 Å². The highest BCUT2D eigenvalue weighted by atomic mass is 32.2. The van der Waals surface area contributed by atoms with Gasteiger partial charge in [0.15, 0.2) is 0 Å². The van der Waals surface area contributed by atoms with E-state index >= 15 is 0 Å². The van der Waals surface area contributed by atoms with Crippen LogP contribution in [0, 0.1) is 0 Å². The Labute approximate surface area is 90.5 Å². The molecule has 0 amide bonds. The van der Waals surface area contributed by atoms with Crippen LogP contribution in [-0.2, 0) is 6.42 Å². The molecule has 0 bridgehead atoms. The summed E-state index contributed by atoms with van der Waals surface area (Å²) in [6.45, 7) is 6.40. The van der Waals surface area contributed by atoms with Crippen LogP contribution in [-0.4, -0.2) is 23.8 Å². The molecular formula is C11H18N2S. The molecule has 3 heteroatoms. The van der Waals surface area contributed by atoms with Crippen LogP contribution >= 0.6 is 11.8 Å². The van der Waals surface area contributed by atoms with E-state index in [2.05, 4.69) is 30.2 Å². The zero-order valence-corrected chi connectivity index (χ0v) is 9.73. The number of aromatic nitrogens is 1. The Morgan fingerprint density at radius 3 is 2.93 bits per heavy atom. The molecule has 0 unspecified atom stereocenters. The largest absolute Gasteiger partial charge is 0.316 e. The SMILES string of the molecule is CCNCCSc1cncc(CC)c1. The fraction of sp³-hybridized carbons (Fsp3) is 0.545. The second-order valence-corrected chi connectivity index (χ2v) is 4.25. The first-order chi connectivity index (χ1) is 6.86. The van der Waals surface area contributed by atoms with Crippen molar-refractivity contribution in [1.29, 1.82) is 0 Å². The van der Waals surface area contributed by atoms with E-state index < -0.39 is 0 Å². The lowest BCUT2D eigenvalue weighted by Crippen LogP contribution is -2.15. The molecule has 0 atom stereocenters. The van der Waals surface area contributed by atoms with Gasteiger partial charge in [0.25, 0.3) is 0 Å². The molecule has 1 heterocycles. The number of rotatable bonds is 6. The summed E-state index contributed by atoms with van der Waals surface area (Å²) >= 11 is 1.86. The molecule has 1 N–H and O–H groups in total. The van der Waals surface area contributed by atoms with E-state index in [4.69, 9.17) is 0 Å². The van der Waals surface area contributed by atoms with Crippen molar-refractivity contribution in [3.63, 3.8) is 0 Å². The van der Waals surface area contributed by atoms with Crippen LogP contribution in [0.25, 0.3) is 0 Å². The highest BCUT2D eigenvalue weighted by Gasteiger charge is 1.95. The van der Waals surface area contributed by atoms with Crippen LogP contribution < -0.4 is 5.32 Å². The van der Waals surface area contributed by atoms with Gasteiger partial charge in [-0.25, -0.2) is 0 Å². The predicted octanol–water partition coefficient (Wildman–Crippen LogP) is 2.35. The van der Waals surface area contributed by atoms with Gasteiger partial charge in [0.1, 0.15) is 0 Å². The van der Waals surface area contributed by atoms with E-state index in [-0.39, 0.29) is 0 Å². The van der Waals surface area contributed by atoms with Gasteiger partial charge >= 0.3 is 0 Å². The third kappa shape index (κ3) is 4.11. The molecule has 0 aromatic carbocycles. The summed E-state index contributed by atoms with van der Waals surface area (Å²) in [5.41, 5.74) is 1.32. The summed E-state index contributed by atoms with van der Waals surface area (Å²) in [5, 5.41) is 3.31. The first-order valence-corrected chi connectivity index (χ1v) is 6.12. The van der Waals surface area contributed by atoms with Crippen LogP contribution in [0.2, 0.25) is 0 Å². The Bertz CT molecular complexity index is 263. The highest BCUT2D eigenvalue weighted by molar-refractivity contribution is 7.99. The molecule has 1 aromatic heterocycles. The second-order valence-electron chi connectivity index (χ2n) is 3.08. The van der Waals surface area contributed by atoms with Crippen LogP contribution in [0.15, 0.2) is 23.4 Å². The molecule has 0 spiro atoms. The summed E-state index contributed by atoms with van der Waals surface area (Å²) in [6, 6.07) is 2.23. The maximum absolute atomic E-state index is 4.21. The molecule has 14 heavy (non-hydrogen) atoms. The van der Waals surface area contributed by atoms with Crippen molar-refractivity contribution in [2.24, 2.45) is 0 Å². The maximum atomic E-state index is 4.21. The molecule has 1 aromatic rings. The van der Waals surface area contributed by atoms with Gasteiger partial charge in [-0.2, -0.15) is 0 Å². The summed E-state index contributed by atoms with van der Waals surface area (Å²) in [7, 11) is 0. The number of hydrogen-bond acceptors (Lipinski definition) is 3. The van der Waals surface area contributed by atoms with Gasteiger partial charge in [-0.05, 0) is 24.6 Å². The smallest absolute Gasteiger partial charge is 0.0404 e. The topological polar surface area (TPSA) is 24.9 Å². The van der Waals surface area contributed by atoms with Gasteiger partial charge in [0, 0.05) is 29.6 Å². The summed E-state index contributed by atoms with van der Waals surface area (Å²) in [6.07, 6.45) is 4.94. The van der Waals surface area contributed by atoms with E-state index in [0.29, 0.717) is 0 Å². The van der Waals surface area contributed by atoms with Gasteiger partial charge in [-0.1, -0.05) is 13.8 Å². The fourth-order valence-corrected chi connectivity index (χ4v) is 2.01. The molecule has 0 fully saturated rings. The van der Waals surface area contributed by atoms with Gasteiger partial charge in [0.05, 0.1) is 0 Å². The lowest BCUT2D eigenvalue weighted by atomic mass is 10.2. The Morgan fingerprint density at radius 2 is 2.21 bits per heavy atom. The molecule has 0 saturated heterocycles. The number of thioether (sulfide) groups is 1. The van der Waals surface area contributed by atoms with Crippen LogP contribution in [0.1, 0.15) is 19.4 Å². The van der Waals surface area contributed by atoms with E-state index in [1.54, 1.807) is 0 Å². The number of nitrogens with zero attached hydrogens (tertiary/aromatic N) is 1. The molecule has 0 aliphatic carbocycles. The predicted molar refractivity (Wildman–Crippen MR) is 62.9 cm³/mol. The number of hydrogen-bond donors (Lipinski definition) is 1. The zero-order valence-electron chi connectivity index (χ0n) is 8.92. The minimum atomic E-state index is 1.05. The minimum absolute atomic E-state index is 1.05. The molecule has 0 aliphatic rings. The van der Waals surface area contributed by atoms with Crippen LogP contribution in [0.4, 0.5) is 0 Å². The Balaban J connectivity index is 2.34. The van der Waals surface area contributed by atoms with Gasteiger partial charge in [-0.15, -0.1) is 11.8 Å². The van der Waals surface area contributed by atoms with Crippen molar-refractivity contribution in [3.8, 4) is 0 Å². The fourth-order valence-electron chi connectivity index (χ4n) is 1.15. The average molecular weight is 210 g/mol. The van der Waals surface area contributed by atoms with E-state index in [1.807, 2.05) is 24.2 Å². The lowest BCUT2D eigenvalue weighted by Gasteiger charge is -2.03. The summed E-state index contributed by atoms with van der Waals surface area (Å²) in [5.74, 6) is 1.11. The van der Waals surface area contributed by atoms with E-state index in [1.165, 1.54) is 10.5 Å². The normalized spacial score (nSPS) is 10.4. The molecule has 0 aliphatic heterocycles. The maximum Gasteiger partial charge on any atom is 0.0404 e. The second kappa shape index (κ2) is 6.85. The van der Waals surface area contributed by atoms with E-state index in [0.717, 1.165) is 25.3 Å². The molecule has 0 radical (unpaired) electrons. The van der Waals surface area contributed by atoms with Crippen molar-refractivity contribution < 1.29 is 0 Å². The number of nitrogens with one attached hydrogen (secondary N) is 1. The third-order valence-electron chi connectivity index (χ3n) is 1.98. The average Bonchev–Trinajstić information content (AvgIpc) is 2.25. The standard InChI is InChI=1S/C11H18N2S/c1-3-10-7-11(9-13-8-10)14-6-5-12-4-2/h7-9,12H,3-6H2,1-2H3. The molecule has 2 nitrogen and oxygen atoms in total. The number of aryl methyl sites for hydroxylation is 1. The highest BCUT2D eigenvalue weighted by Crippen LogP contribution is 2.17. The molecule has 78 valence electrons.